The van der Waals surface area contributed by atoms with Gasteiger partial charge in [-0.2, -0.15) is 5.10 Å². The van der Waals surface area contributed by atoms with Crippen molar-refractivity contribution in [1.82, 2.24) is 9.78 Å². The summed E-state index contributed by atoms with van der Waals surface area (Å²) in [4.78, 5) is 23.7. The number of amides is 3. The van der Waals surface area contributed by atoms with Crippen LogP contribution in [-0.2, 0) is 16.6 Å². The lowest BCUT2D eigenvalue weighted by molar-refractivity contribution is -0.117. The van der Waals surface area contributed by atoms with Gasteiger partial charge >= 0.3 is 6.03 Å². The van der Waals surface area contributed by atoms with Crippen molar-refractivity contribution in [3.63, 3.8) is 0 Å². The van der Waals surface area contributed by atoms with Crippen molar-refractivity contribution in [2.75, 3.05) is 10.6 Å². The first-order valence-corrected chi connectivity index (χ1v) is 9.65. The number of carbonyl (C=O) groups excluding carboxylic acids is 2. The lowest BCUT2D eigenvalue weighted by atomic mass is 9.92. The minimum atomic E-state index is -1.69. The van der Waals surface area contributed by atoms with Gasteiger partial charge in [-0.25, -0.2) is 22.6 Å². The normalized spacial score (nSPS) is 11.3. The molecular formula is C22H22F3N5O2. The maximum Gasteiger partial charge on any atom is 0.324 e. The summed E-state index contributed by atoms with van der Waals surface area (Å²) >= 11 is 0. The molecular weight excluding hydrogens is 423 g/mol. The number of halogens is 3. The smallest absolute Gasteiger partial charge is 0.324 e. The fourth-order valence-electron chi connectivity index (χ4n) is 2.93. The molecule has 0 aliphatic rings. The second-order valence-corrected chi connectivity index (χ2v) is 8.19. The monoisotopic (exact) mass is 445 g/mol. The summed E-state index contributed by atoms with van der Waals surface area (Å²) in [5.41, 5.74) is 6.23. The van der Waals surface area contributed by atoms with Gasteiger partial charge in [0.05, 0.1) is 23.5 Å². The van der Waals surface area contributed by atoms with Crippen molar-refractivity contribution in [3.05, 3.63) is 71.2 Å². The van der Waals surface area contributed by atoms with Crippen LogP contribution in [0, 0.1) is 17.5 Å². The van der Waals surface area contributed by atoms with Crippen LogP contribution in [0.1, 0.15) is 32.0 Å². The summed E-state index contributed by atoms with van der Waals surface area (Å²) in [7, 11) is 0. The van der Waals surface area contributed by atoms with Gasteiger partial charge in [-0.05, 0) is 29.8 Å². The number of hydrogen-bond donors (Lipinski definition) is 3. The molecule has 168 valence electrons. The van der Waals surface area contributed by atoms with Crippen molar-refractivity contribution >= 4 is 23.4 Å². The Morgan fingerprint density at radius 3 is 2.41 bits per heavy atom. The molecule has 3 aromatic rings. The van der Waals surface area contributed by atoms with Crippen LogP contribution in [0.5, 0.6) is 0 Å². The van der Waals surface area contributed by atoms with Gasteiger partial charge in [0.25, 0.3) is 0 Å². The largest absolute Gasteiger partial charge is 0.369 e. The standard InChI is InChI=1S/C22H22F3N5O2/c1-22(2,3)16-11-18(28-21(32)27-15-8-7-14(23)19(24)20(15)25)30(29-16)13-6-4-5-12(9-13)10-17(26)31/h4-9,11H,10H2,1-3H3,(H2,26,31)(H2,27,28,32). The molecule has 2 aromatic carbocycles. The van der Waals surface area contributed by atoms with Crippen LogP contribution >= 0.6 is 0 Å². The molecule has 0 atom stereocenters. The van der Waals surface area contributed by atoms with Gasteiger partial charge < -0.3 is 11.1 Å². The van der Waals surface area contributed by atoms with Crippen molar-refractivity contribution in [1.29, 1.82) is 0 Å². The number of primary amides is 1. The fourth-order valence-corrected chi connectivity index (χ4v) is 2.93. The first-order chi connectivity index (χ1) is 15.0. The Morgan fingerprint density at radius 1 is 1.03 bits per heavy atom. The molecule has 0 radical (unpaired) electrons. The zero-order valence-corrected chi connectivity index (χ0v) is 17.7. The van der Waals surface area contributed by atoms with Gasteiger partial charge in [0.2, 0.25) is 5.91 Å². The number of nitrogens with one attached hydrogen (secondary N) is 2. The van der Waals surface area contributed by atoms with E-state index in [2.05, 4.69) is 15.7 Å². The molecule has 0 unspecified atom stereocenters. The van der Waals surface area contributed by atoms with Gasteiger partial charge in [0, 0.05) is 11.5 Å². The number of carbonyl (C=O) groups is 2. The van der Waals surface area contributed by atoms with Gasteiger partial charge in [-0.15, -0.1) is 0 Å². The number of nitrogens with zero attached hydrogens (tertiary/aromatic N) is 2. The average Bonchev–Trinajstić information content (AvgIpc) is 3.12. The predicted octanol–water partition coefficient (Wildman–Crippen LogP) is 4.26. The topological polar surface area (TPSA) is 102 Å². The second-order valence-electron chi connectivity index (χ2n) is 8.19. The zero-order valence-electron chi connectivity index (χ0n) is 17.7. The van der Waals surface area contributed by atoms with Gasteiger partial charge in [-0.1, -0.05) is 32.9 Å². The molecule has 0 saturated heterocycles. The van der Waals surface area contributed by atoms with E-state index >= 15 is 0 Å². The molecule has 0 fully saturated rings. The van der Waals surface area contributed by atoms with E-state index in [-0.39, 0.29) is 17.7 Å². The molecule has 7 nitrogen and oxygen atoms in total. The Morgan fingerprint density at radius 2 is 1.75 bits per heavy atom. The highest BCUT2D eigenvalue weighted by Gasteiger charge is 2.22. The van der Waals surface area contributed by atoms with E-state index in [9.17, 15) is 22.8 Å². The van der Waals surface area contributed by atoms with Gasteiger partial charge in [0.15, 0.2) is 17.5 Å². The van der Waals surface area contributed by atoms with E-state index in [0.717, 1.165) is 6.07 Å². The molecule has 0 saturated carbocycles. The Bertz CT molecular complexity index is 1180. The molecule has 1 aromatic heterocycles. The van der Waals surface area contributed by atoms with E-state index in [0.29, 0.717) is 23.0 Å². The van der Waals surface area contributed by atoms with Crippen molar-refractivity contribution in [2.24, 2.45) is 5.73 Å². The second kappa shape index (κ2) is 8.74. The Hall–Kier alpha value is -3.82. The summed E-state index contributed by atoms with van der Waals surface area (Å²) < 4.78 is 41.9. The number of urea groups is 1. The van der Waals surface area contributed by atoms with Crippen LogP contribution in [0.4, 0.5) is 29.5 Å². The minimum Gasteiger partial charge on any atom is -0.369 e. The molecule has 0 bridgehead atoms. The third kappa shape index (κ3) is 5.08. The zero-order chi connectivity index (χ0) is 23.6. The molecule has 0 aliphatic carbocycles. The summed E-state index contributed by atoms with van der Waals surface area (Å²) in [5.74, 6) is -4.81. The maximum atomic E-state index is 13.9. The number of benzene rings is 2. The molecule has 0 aliphatic heterocycles. The van der Waals surface area contributed by atoms with E-state index in [1.54, 1.807) is 30.3 Å². The van der Waals surface area contributed by atoms with Gasteiger partial charge in [-0.3, -0.25) is 10.1 Å². The number of anilines is 2. The Labute approximate surface area is 182 Å². The quantitative estimate of drug-likeness (QED) is 0.512. The molecule has 1 heterocycles. The highest BCUT2D eigenvalue weighted by Crippen LogP contribution is 2.27. The van der Waals surface area contributed by atoms with Crippen molar-refractivity contribution in [2.45, 2.75) is 32.6 Å². The van der Waals surface area contributed by atoms with Crippen LogP contribution < -0.4 is 16.4 Å². The molecule has 10 heteroatoms. The number of rotatable bonds is 5. The molecule has 0 spiro atoms. The number of hydrogen-bond acceptors (Lipinski definition) is 3. The molecule has 4 N–H and O–H groups in total. The summed E-state index contributed by atoms with van der Waals surface area (Å²) in [6.45, 7) is 5.80. The van der Waals surface area contributed by atoms with E-state index < -0.39 is 35.1 Å². The first-order valence-electron chi connectivity index (χ1n) is 9.65. The van der Waals surface area contributed by atoms with Crippen molar-refractivity contribution in [3.8, 4) is 5.69 Å². The van der Waals surface area contributed by atoms with Crippen molar-refractivity contribution < 1.29 is 22.8 Å². The van der Waals surface area contributed by atoms with E-state index in [1.807, 2.05) is 20.8 Å². The van der Waals surface area contributed by atoms with Crippen LogP contribution in [0.2, 0.25) is 0 Å². The molecule has 32 heavy (non-hydrogen) atoms. The van der Waals surface area contributed by atoms with Crippen LogP contribution in [0.25, 0.3) is 5.69 Å². The third-order valence-corrected chi connectivity index (χ3v) is 4.54. The molecule has 3 rings (SSSR count). The predicted molar refractivity (Wildman–Crippen MR) is 114 cm³/mol. The lowest BCUT2D eigenvalue weighted by Gasteiger charge is -2.14. The summed E-state index contributed by atoms with van der Waals surface area (Å²) in [6, 6.07) is 9.25. The summed E-state index contributed by atoms with van der Waals surface area (Å²) in [6.07, 6.45) is 0.0277. The van der Waals surface area contributed by atoms with E-state index in [1.165, 1.54) is 4.68 Å². The highest BCUT2D eigenvalue weighted by molar-refractivity contribution is 5.99. The third-order valence-electron chi connectivity index (χ3n) is 4.54. The molecule has 3 amide bonds. The average molecular weight is 445 g/mol. The summed E-state index contributed by atoms with van der Waals surface area (Å²) in [5, 5.41) is 9.25. The highest BCUT2D eigenvalue weighted by atomic mass is 19.2. The first kappa shape index (κ1) is 22.9. The van der Waals surface area contributed by atoms with E-state index in [4.69, 9.17) is 5.73 Å². The maximum absolute atomic E-state index is 13.9. The lowest BCUT2D eigenvalue weighted by Crippen LogP contribution is -2.22. The van der Waals surface area contributed by atoms with Crippen LogP contribution in [0.15, 0.2) is 42.5 Å². The Balaban J connectivity index is 1.94. The van der Waals surface area contributed by atoms with Crippen LogP contribution in [0.3, 0.4) is 0 Å². The SMILES string of the molecule is CC(C)(C)c1cc(NC(=O)Nc2ccc(F)c(F)c2F)n(-c2cccc(CC(N)=O)c2)n1. The Kier molecular flexibility index (Phi) is 6.24. The fraction of sp³-hybridized carbons (Fsp3) is 0.227. The van der Waals surface area contributed by atoms with Gasteiger partial charge in [0.1, 0.15) is 5.82 Å². The van der Waals surface area contributed by atoms with Crippen LogP contribution in [-0.4, -0.2) is 21.7 Å². The number of nitrogens with two attached hydrogens (primary N) is 1. The number of aromatic nitrogens is 2. The minimum absolute atomic E-state index is 0.0277.